The van der Waals surface area contributed by atoms with Gasteiger partial charge in [0.15, 0.2) is 0 Å². The fourth-order valence-electron chi connectivity index (χ4n) is 1.70. The highest BCUT2D eigenvalue weighted by atomic mass is 16.3. The highest BCUT2D eigenvalue weighted by molar-refractivity contribution is 5.92. The van der Waals surface area contributed by atoms with Crippen LogP contribution < -0.4 is 10.6 Å². The maximum Gasteiger partial charge on any atom is 0.322 e. The van der Waals surface area contributed by atoms with Crippen LogP contribution in [0.5, 0.6) is 0 Å². The van der Waals surface area contributed by atoms with E-state index in [1.807, 2.05) is 6.92 Å². The van der Waals surface area contributed by atoms with Crippen LogP contribution in [0.3, 0.4) is 0 Å². The van der Waals surface area contributed by atoms with Gasteiger partial charge in [0.2, 0.25) is 5.91 Å². The molecular weight excluding hydrogens is 270 g/mol. The summed E-state index contributed by atoms with van der Waals surface area (Å²) in [6.45, 7) is 4.23. The van der Waals surface area contributed by atoms with E-state index in [1.54, 1.807) is 38.2 Å². The molecule has 0 radical (unpaired) electrons. The Morgan fingerprint density at radius 1 is 1.38 bits per heavy atom. The lowest BCUT2D eigenvalue weighted by atomic mass is 10.1. The standard InChI is InChI=1S/C15H23N3O3/c1-4-8-16-14(20)10-18(3)15(21)17-13-7-5-6-12(9-13)11(2)19/h5-7,9,11,19H,4,8,10H2,1-3H3,(H,16,20)(H,17,21). The summed E-state index contributed by atoms with van der Waals surface area (Å²) in [4.78, 5) is 24.8. The van der Waals surface area contributed by atoms with E-state index in [0.29, 0.717) is 12.2 Å². The first-order valence-electron chi connectivity index (χ1n) is 7.01. The number of aliphatic hydroxyl groups excluding tert-OH is 1. The van der Waals surface area contributed by atoms with E-state index >= 15 is 0 Å². The number of amides is 3. The molecule has 1 rings (SSSR count). The lowest BCUT2D eigenvalue weighted by molar-refractivity contribution is -0.121. The third-order valence-corrected chi connectivity index (χ3v) is 2.92. The molecule has 1 aromatic rings. The van der Waals surface area contributed by atoms with Gasteiger partial charge in [0, 0.05) is 19.3 Å². The molecule has 116 valence electrons. The van der Waals surface area contributed by atoms with Gasteiger partial charge in [-0.05, 0) is 31.0 Å². The van der Waals surface area contributed by atoms with Crippen molar-refractivity contribution in [3.63, 3.8) is 0 Å². The molecule has 0 heterocycles. The molecule has 0 aliphatic carbocycles. The first kappa shape index (κ1) is 17.0. The Hall–Kier alpha value is -2.08. The molecule has 6 nitrogen and oxygen atoms in total. The molecule has 3 N–H and O–H groups in total. The van der Waals surface area contributed by atoms with Crippen molar-refractivity contribution < 1.29 is 14.7 Å². The molecule has 1 aromatic carbocycles. The number of urea groups is 1. The average Bonchev–Trinajstić information content (AvgIpc) is 2.45. The molecule has 0 saturated carbocycles. The van der Waals surface area contributed by atoms with Crippen LogP contribution in [-0.4, -0.2) is 42.1 Å². The predicted octanol–water partition coefficient (Wildman–Crippen LogP) is 1.73. The number of carbonyl (C=O) groups excluding carboxylic acids is 2. The molecule has 1 unspecified atom stereocenters. The van der Waals surface area contributed by atoms with E-state index in [0.717, 1.165) is 12.0 Å². The van der Waals surface area contributed by atoms with Crippen molar-refractivity contribution in [3.8, 4) is 0 Å². The molecule has 0 aromatic heterocycles. The zero-order valence-electron chi connectivity index (χ0n) is 12.7. The third-order valence-electron chi connectivity index (χ3n) is 2.92. The molecule has 0 fully saturated rings. The van der Waals surface area contributed by atoms with Crippen molar-refractivity contribution in [2.24, 2.45) is 0 Å². The Bertz CT molecular complexity index is 489. The number of likely N-dealkylation sites (N-methyl/N-ethyl adjacent to an activating group) is 1. The minimum absolute atomic E-state index is 0.00191. The lowest BCUT2D eigenvalue weighted by Gasteiger charge is -2.18. The number of carbonyl (C=O) groups is 2. The van der Waals surface area contributed by atoms with E-state index in [1.165, 1.54) is 4.90 Å². The van der Waals surface area contributed by atoms with Crippen LogP contribution in [0.1, 0.15) is 31.9 Å². The molecule has 0 aliphatic heterocycles. The number of aliphatic hydroxyl groups is 1. The summed E-state index contributed by atoms with van der Waals surface area (Å²) >= 11 is 0. The average molecular weight is 293 g/mol. The number of nitrogens with one attached hydrogen (secondary N) is 2. The SMILES string of the molecule is CCCNC(=O)CN(C)C(=O)Nc1cccc(C(C)O)c1. The Labute approximate surface area is 125 Å². The topological polar surface area (TPSA) is 81.7 Å². The molecule has 3 amide bonds. The van der Waals surface area contributed by atoms with Crippen LogP contribution in [0, 0.1) is 0 Å². The molecule has 0 aliphatic rings. The highest BCUT2D eigenvalue weighted by Gasteiger charge is 2.13. The molecule has 6 heteroatoms. The van der Waals surface area contributed by atoms with E-state index in [9.17, 15) is 14.7 Å². The third kappa shape index (κ3) is 5.83. The molecule has 0 bridgehead atoms. The van der Waals surface area contributed by atoms with Gasteiger partial charge in [0.25, 0.3) is 0 Å². The van der Waals surface area contributed by atoms with Gasteiger partial charge >= 0.3 is 6.03 Å². The summed E-state index contributed by atoms with van der Waals surface area (Å²) in [5, 5.41) is 14.9. The van der Waals surface area contributed by atoms with Gasteiger partial charge in [-0.2, -0.15) is 0 Å². The Kier molecular flexibility index (Phi) is 6.68. The second-order valence-corrected chi connectivity index (χ2v) is 4.94. The van der Waals surface area contributed by atoms with Gasteiger partial charge in [0.1, 0.15) is 6.54 Å². The molecule has 0 saturated heterocycles. The Morgan fingerprint density at radius 3 is 2.71 bits per heavy atom. The quantitative estimate of drug-likeness (QED) is 0.747. The maximum absolute atomic E-state index is 12.0. The van der Waals surface area contributed by atoms with Crippen molar-refractivity contribution in [2.75, 3.05) is 25.5 Å². The number of benzene rings is 1. The van der Waals surface area contributed by atoms with E-state index in [4.69, 9.17) is 0 Å². The van der Waals surface area contributed by atoms with Gasteiger partial charge in [-0.1, -0.05) is 19.1 Å². The van der Waals surface area contributed by atoms with Crippen LogP contribution in [0.15, 0.2) is 24.3 Å². The molecular formula is C15H23N3O3. The largest absolute Gasteiger partial charge is 0.389 e. The second kappa shape index (κ2) is 8.26. The second-order valence-electron chi connectivity index (χ2n) is 4.94. The fourth-order valence-corrected chi connectivity index (χ4v) is 1.70. The van der Waals surface area contributed by atoms with Crippen molar-refractivity contribution >= 4 is 17.6 Å². The van der Waals surface area contributed by atoms with Crippen LogP contribution in [0.25, 0.3) is 0 Å². The van der Waals surface area contributed by atoms with Crippen molar-refractivity contribution in [1.82, 2.24) is 10.2 Å². The monoisotopic (exact) mass is 293 g/mol. The van der Waals surface area contributed by atoms with Crippen molar-refractivity contribution in [2.45, 2.75) is 26.4 Å². The summed E-state index contributed by atoms with van der Waals surface area (Å²) in [6.07, 6.45) is 0.257. The zero-order chi connectivity index (χ0) is 15.8. The fraction of sp³-hybridized carbons (Fsp3) is 0.467. The van der Waals surface area contributed by atoms with E-state index in [2.05, 4.69) is 10.6 Å². The molecule has 21 heavy (non-hydrogen) atoms. The first-order chi connectivity index (χ1) is 9.93. The van der Waals surface area contributed by atoms with Crippen LogP contribution >= 0.6 is 0 Å². The van der Waals surface area contributed by atoms with Gasteiger partial charge < -0.3 is 20.6 Å². The summed E-state index contributed by atoms with van der Waals surface area (Å²) in [5.41, 5.74) is 1.30. The molecule has 0 spiro atoms. The highest BCUT2D eigenvalue weighted by Crippen LogP contribution is 2.17. The minimum atomic E-state index is -0.598. The normalized spacial score (nSPS) is 11.6. The smallest absolute Gasteiger partial charge is 0.322 e. The van der Waals surface area contributed by atoms with Gasteiger partial charge in [-0.3, -0.25) is 4.79 Å². The van der Waals surface area contributed by atoms with E-state index in [-0.39, 0.29) is 18.5 Å². The number of hydrogen-bond acceptors (Lipinski definition) is 3. The van der Waals surface area contributed by atoms with Crippen LogP contribution in [-0.2, 0) is 4.79 Å². The van der Waals surface area contributed by atoms with E-state index < -0.39 is 6.10 Å². The van der Waals surface area contributed by atoms with Crippen LogP contribution in [0.2, 0.25) is 0 Å². The zero-order valence-corrected chi connectivity index (χ0v) is 12.7. The Morgan fingerprint density at radius 2 is 2.10 bits per heavy atom. The Balaban J connectivity index is 2.56. The summed E-state index contributed by atoms with van der Waals surface area (Å²) < 4.78 is 0. The number of nitrogens with zero attached hydrogens (tertiary/aromatic N) is 1. The molecule has 1 atom stereocenters. The number of anilines is 1. The number of rotatable bonds is 6. The lowest BCUT2D eigenvalue weighted by Crippen LogP contribution is -2.40. The summed E-state index contributed by atoms with van der Waals surface area (Å²) in [7, 11) is 1.55. The summed E-state index contributed by atoms with van der Waals surface area (Å²) in [6, 6.07) is 6.60. The van der Waals surface area contributed by atoms with Gasteiger partial charge in [-0.25, -0.2) is 4.79 Å². The van der Waals surface area contributed by atoms with Gasteiger partial charge in [-0.15, -0.1) is 0 Å². The number of hydrogen-bond donors (Lipinski definition) is 3. The summed E-state index contributed by atoms with van der Waals surface area (Å²) in [5.74, 6) is -0.188. The van der Waals surface area contributed by atoms with Crippen molar-refractivity contribution in [3.05, 3.63) is 29.8 Å². The first-order valence-corrected chi connectivity index (χ1v) is 7.01. The van der Waals surface area contributed by atoms with Gasteiger partial charge in [0.05, 0.1) is 6.10 Å². The maximum atomic E-state index is 12.0. The predicted molar refractivity (Wildman–Crippen MR) is 82.0 cm³/mol. The van der Waals surface area contributed by atoms with Crippen molar-refractivity contribution in [1.29, 1.82) is 0 Å². The van der Waals surface area contributed by atoms with Crippen LogP contribution in [0.4, 0.5) is 10.5 Å². The minimum Gasteiger partial charge on any atom is -0.389 e.